The van der Waals surface area contributed by atoms with Crippen molar-refractivity contribution in [3.05, 3.63) is 71.2 Å². The molecule has 3 aromatic heterocycles. The van der Waals surface area contributed by atoms with Gasteiger partial charge in [0.05, 0.1) is 17.5 Å². The number of hydrogen-bond acceptors (Lipinski definition) is 5. The average Bonchev–Trinajstić information content (AvgIpc) is 3.37. The van der Waals surface area contributed by atoms with E-state index in [9.17, 15) is 9.59 Å². The van der Waals surface area contributed by atoms with Crippen molar-refractivity contribution in [2.75, 3.05) is 13.1 Å². The van der Waals surface area contributed by atoms with Crippen LogP contribution in [0.25, 0.3) is 0 Å². The third-order valence-corrected chi connectivity index (χ3v) is 4.97. The Kier molecular flexibility index (Phi) is 4.92. The van der Waals surface area contributed by atoms with E-state index in [-0.39, 0.29) is 11.8 Å². The molecule has 0 fully saturated rings. The molecule has 0 saturated heterocycles. The molecule has 1 aliphatic rings. The zero-order valence-electron chi connectivity index (χ0n) is 15.6. The molecule has 0 saturated carbocycles. The molecular weight excluding hydrogens is 358 g/mol. The molecule has 3 aromatic rings. The van der Waals surface area contributed by atoms with Crippen LogP contribution in [0.5, 0.6) is 0 Å². The number of nitrogens with one attached hydrogen (secondary N) is 1. The number of pyridine rings is 1. The van der Waals surface area contributed by atoms with Gasteiger partial charge in [-0.1, -0.05) is 0 Å². The van der Waals surface area contributed by atoms with Gasteiger partial charge >= 0.3 is 0 Å². The zero-order valence-corrected chi connectivity index (χ0v) is 15.6. The van der Waals surface area contributed by atoms with Crippen molar-refractivity contribution in [2.24, 2.45) is 7.05 Å². The van der Waals surface area contributed by atoms with Gasteiger partial charge in [0.15, 0.2) is 0 Å². The molecule has 8 nitrogen and oxygen atoms in total. The molecule has 0 bridgehead atoms. The second-order valence-corrected chi connectivity index (χ2v) is 6.73. The summed E-state index contributed by atoms with van der Waals surface area (Å²) < 4.78 is 6.91. The summed E-state index contributed by atoms with van der Waals surface area (Å²) in [4.78, 5) is 30.5. The van der Waals surface area contributed by atoms with Gasteiger partial charge in [-0.25, -0.2) is 0 Å². The highest BCUT2D eigenvalue weighted by molar-refractivity contribution is 5.94. The number of amides is 2. The molecular formula is C20H21N5O3. The molecule has 4 rings (SSSR count). The molecule has 1 N–H and O–H groups in total. The largest absolute Gasteiger partial charge is 0.472 e. The van der Waals surface area contributed by atoms with Gasteiger partial charge in [0.25, 0.3) is 11.8 Å². The molecule has 0 spiro atoms. The fourth-order valence-corrected chi connectivity index (χ4v) is 3.51. The summed E-state index contributed by atoms with van der Waals surface area (Å²) in [5, 5.41) is 7.53. The molecule has 0 unspecified atom stereocenters. The summed E-state index contributed by atoms with van der Waals surface area (Å²) in [6, 6.07) is 5.03. The van der Waals surface area contributed by atoms with Crippen molar-refractivity contribution in [1.29, 1.82) is 0 Å². The van der Waals surface area contributed by atoms with Crippen LogP contribution < -0.4 is 5.32 Å². The first-order chi connectivity index (χ1) is 13.6. The Morgan fingerprint density at radius 2 is 2.04 bits per heavy atom. The number of aryl methyl sites for hydroxylation is 1. The Morgan fingerprint density at radius 1 is 1.21 bits per heavy atom. The van der Waals surface area contributed by atoms with E-state index in [4.69, 9.17) is 4.42 Å². The Labute approximate surface area is 162 Å². The predicted octanol–water partition coefficient (Wildman–Crippen LogP) is 1.58. The van der Waals surface area contributed by atoms with Crippen LogP contribution in [0.15, 0.2) is 47.5 Å². The van der Waals surface area contributed by atoms with Gasteiger partial charge < -0.3 is 14.6 Å². The van der Waals surface area contributed by atoms with Crippen LogP contribution in [-0.2, 0) is 26.4 Å². The molecule has 144 valence electrons. The molecule has 8 heteroatoms. The van der Waals surface area contributed by atoms with Crippen LogP contribution in [0, 0.1) is 0 Å². The zero-order chi connectivity index (χ0) is 19.5. The van der Waals surface area contributed by atoms with Crippen LogP contribution in [0.3, 0.4) is 0 Å². The Balaban J connectivity index is 1.42. The van der Waals surface area contributed by atoms with Crippen molar-refractivity contribution >= 4 is 11.8 Å². The van der Waals surface area contributed by atoms with Crippen LogP contribution in [0.2, 0.25) is 0 Å². The van der Waals surface area contributed by atoms with Gasteiger partial charge in [0.2, 0.25) is 0 Å². The van der Waals surface area contributed by atoms with Gasteiger partial charge in [-0.05, 0) is 18.2 Å². The van der Waals surface area contributed by atoms with E-state index in [1.54, 1.807) is 30.6 Å². The van der Waals surface area contributed by atoms with Crippen LogP contribution in [0.4, 0.5) is 0 Å². The number of carbonyl (C=O) groups excluding carboxylic acids is 2. The minimum atomic E-state index is -0.135. The summed E-state index contributed by atoms with van der Waals surface area (Å²) >= 11 is 0. The smallest absolute Gasteiger partial charge is 0.257 e. The molecule has 28 heavy (non-hydrogen) atoms. The minimum absolute atomic E-state index is 0.0415. The van der Waals surface area contributed by atoms with Crippen molar-refractivity contribution in [2.45, 2.75) is 19.4 Å². The third-order valence-electron chi connectivity index (χ3n) is 4.97. The lowest BCUT2D eigenvalue weighted by molar-refractivity contribution is 0.0732. The van der Waals surface area contributed by atoms with E-state index in [1.807, 2.05) is 16.6 Å². The van der Waals surface area contributed by atoms with Crippen molar-refractivity contribution in [1.82, 2.24) is 25.0 Å². The lowest BCUT2D eigenvalue weighted by atomic mass is 10.0. The van der Waals surface area contributed by atoms with Crippen LogP contribution in [0.1, 0.15) is 37.7 Å². The second-order valence-electron chi connectivity index (χ2n) is 6.73. The first-order valence-electron chi connectivity index (χ1n) is 9.17. The van der Waals surface area contributed by atoms with E-state index < -0.39 is 0 Å². The van der Waals surface area contributed by atoms with Gasteiger partial charge in [-0.2, -0.15) is 5.10 Å². The normalized spacial score (nSPS) is 13.2. The van der Waals surface area contributed by atoms with E-state index in [2.05, 4.69) is 15.4 Å². The Bertz CT molecular complexity index is 979. The van der Waals surface area contributed by atoms with Crippen LogP contribution in [-0.4, -0.2) is 44.6 Å². The molecule has 0 radical (unpaired) electrons. The monoisotopic (exact) mass is 379 g/mol. The SMILES string of the molecule is Cn1nc(CCNC(=O)c2ccncc2)c2c1CCN(C(=O)c1ccoc1)C2. The predicted molar refractivity (Wildman–Crippen MR) is 101 cm³/mol. The summed E-state index contributed by atoms with van der Waals surface area (Å²) in [7, 11) is 1.92. The first-order valence-corrected chi connectivity index (χ1v) is 9.17. The summed E-state index contributed by atoms with van der Waals surface area (Å²) in [6.07, 6.45) is 7.52. The maximum Gasteiger partial charge on any atom is 0.257 e. The van der Waals surface area contributed by atoms with Gasteiger partial charge in [-0.15, -0.1) is 0 Å². The maximum absolute atomic E-state index is 12.6. The Morgan fingerprint density at radius 3 is 2.79 bits per heavy atom. The van der Waals surface area contributed by atoms with Crippen molar-refractivity contribution in [3.8, 4) is 0 Å². The van der Waals surface area contributed by atoms with Crippen molar-refractivity contribution in [3.63, 3.8) is 0 Å². The third kappa shape index (κ3) is 3.53. The Hall–Kier alpha value is -3.42. The highest BCUT2D eigenvalue weighted by Gasteiger charge is 2.27. The number of nitrogens with zero attached hydrogens (tertiary/aromatic N) is 4. The fourth-order valence-electron chi connectivity index (χ4n) is 3.51. The number of fused-ring (bicyclic) bond motifs is 1. The highest BCUT2D eigenvalue weighted by atomic mass is 16.3. The number of carbonyl (C=O) groups is 2. The van der Waals surface area contributed by atoms with E-state index in [1.165, 1.54) is 12.5 Å². The molecule has 4 heterocycles. The van der Waals surface area contributed by atoms with Gasteiger partial charge in [0.1, 0.15) is 6.26 Å². The second kappa shape index (κ2) is 7.67. The van der Waals surface area contributed by atoms with E-state index >= 15 is 0 Å². The number of hydrogen-bond donors (Lipinski definition) is 1. The van der Waals surface area contributed by atoms with Crippen molar-refractivity contribution < 1.29 is 14.0 Å². The summed E-state index contributed by atoms with van der Waals surface area (Å²) in [5.74, 6) is -0.177. The van der Waals surface area contributed by atoms with Gasteiger partial charge in [-0.3, -0.25) is 19.3 Å². The van der Waals surface area contributed by atoms with Gasteiger partial charge in [0, 0.05) is 68.7 Å². The quantitative estimate of drug-likeness (QED) is 0.726. The van der Waals surface area contributed by atoms with Crippen LogP contribution >= 0.6 is 0 Å². The lowest BCUT2D eigenvalue weighted by Gasteiger charge is -2.27. The van der Waals surface area contributed by atoms with E-state index in [0.29, 0.717) is 37.2 Å². The number of furan rings is 1. The molecule has 0 aliphatic carbocycles. The highest BCUT2D eigenvalue weighted by Crippen LogP contribution is 2.24. The summed E-state index contributed by atoms with van der Waals surface area (Å²) in [6.45, 7) is 1.63. The maximum atomic E-state index is 12.6. The topological polar surface area (TPSA) is 93.3 Å². The molecule has 2 amide bonds. The first kappa shape index (κ1) is 18.0. The average molecular weight is 379 g/mol. The summed E-state index contributed by atoms with van der Waals surface area (Å²) in [5.41, 5.74) is 4.26. The molecule has 1 aliphatic heterocycles. The van der Waals surface area contributed by atoms with E-state index in [0.717, 1.165) is 23.4 Å². The minimum Gasteiger partial charge on any atom is -0.472 e. The fraction of sp³-hybridized carbons (Fsp3) is 0.300. The standard InChI is InChI=1S/C20H21N5O3/c1-24-18-5-10-25(20(27)15-6-11-28-13-15)12-16(18)17(23-24)4-9-22-19(26)14-2-7-21-8-3-14/h2-3,6-8,11,13H,4-5,9-10,12H2,1H3,(H,22,26). The lowest BCUT2D eigenvalue weighted by Crippen LogP contribution is -2.36. The molecule has 0 atom stereocenters. The molecule has 0 aromatic carbocycles. The number of rotatable bonds is 5. The number of aromatic nitrogens is 3.